The molecule has 1 aromatic rings. The quantitative estimate of drug-likeness (QED) is 0.714. The highest BCUT2D eigenvalue weighted by atomic mass is 35.5. The SMILES string of the molecule is Cc1ccc(Cl)cc1OC[B-](F)(F)F. The van der Waals surface area contributed by atoms with E-state index in [0.29, 0.717) is 10.6 Å². The van der Waals surface area contributed by atoms with E-state index in [1.54, 1.807) is 19.1 Å². The van der Waals surface area contributed by atoms with Crippen LogP contribution in [0.4, 0.5) is 12.9 Å². The number of benzene rings is 1. The molecule has 0 spiro atoms. The second-order valence-corrected chi connectivity index (χ2v) is 3.37. The van der Waals surface area contributed by atoms with Crippen molar-refractivity contribution < 1.29 is 17.7 Å². The third kappa shape index (κ3) is 3.50. The van der Waals surface area contributed by atoms with Crippen molar-refractivity contribution in [2.75, 3.05) is 6.51 Å². The summed E-state index contributed by atoms with van der Waals surface area (Å²) >= 11 is 5.61. The molecule has 0 amide bonds. The van der Waals surface area contributed by atoms with Crippen LogP contribution in [0, 0.1) is 6.92 Å². The minimum absolute atomic E-state index is 0.178. The van der Waals surface area contributed by atoms with Gasteiger partial charge in [-0.3, -0.25) is 0 Å². The average Bonchev–Trinajstić information content (AvgIpc) is 2.05. The van der Waals surface area contributed by atoms with Gasteiger partial charge in [-0.2, -0.15) is 0 Å². The number of hydrogen-bond acceptors (Lipinski definition) is 1. The van der Waals surface area contributed by atoms with Gasteiger partial charge in [-0.05, 0) is 24.6 Å². The lowest BCUT2D eigenvalue weighted by molar-refractivity contribution is 0.312. The van der Waals surface area contributed by atoms with Crippen LogP contribution < -0.4 is 4.74 Å². The standard InChI is InChI=1S/C8H8BClF3O/c1-6-2-3-7(10)4-8(6)14-5-9(11,12)13/h2-4H,5H2,1H3/q-1. The first kappa shape index (κ1) is 11.2. The zero-order valence-corrected chi connectivity index (χ0v) is 8.19. The summed E-state index contributed by atoms with van der Waals surface area (Å²) in [5, 5.41) is 0.361. The van der Waals surface area contributed by atoms with Gasteiger partial charge in [0, 0.05) is 5.02 Å². The maximum atomic E-state index is 11.9. The molecule has 0 N–H and O–H groups in total. The molecule has 78 valence electrons. The van der Waals surface area contributed by atoms with Crippen LogP contribution >= 0.6 is 11.6 Å². The van der Waals surface area contributed by atoms with Gasteiger partial charge in [0.15, 0.2) is 0 Å². The Bertz CT molecular complexity index is 327. The summed E-state index contributed by atoms with van der Waals surface area (Å²) in [5.74, 6) is 0.178. The number of rotatable bonds is 3. The molecular weight excluding hydrogens is 215 g/mol. The third-order valence-corrected chi connectivity index (χ3v) is 1.81. The summed E-state index contributed by atoms with van der Waals surface area (Å²) in [6.07, 6.45) is 0. The zero-order chi connectivity index (χ0) is 10.8. The number of hydrogen-bond donors (Lipinski definition) is 0. The largest absolute Gasteiger partial charge is 0.521 e. The Morgan fingerprint density at radius 2 is 2.00 bits per heavy atom. The van der Waals surface area contributed by atoms with Crippen LogP contribution in [0.3, 0.4) is 0 Å². The van der Waals surface area contributed by atoms with Crippen molar-refractivity contribution in [3.8, 4) is 5.75 Å². The Hall–Kier alpha value is -0.835. The van der Waals surface area contributed by atoms with E-state index in [2.05, 4.69) is 4.74 Å². The molecular formula is C8H8BClF3O-. The average molecular weight is 223 g/mol. The Labute approximate surface area is 84.9 Å². The summed E-state index contributed by atoms with van der Waals surface area (Å²) < 4.78 is 40.2. The third-order valence-electron chi connectivity index (χ3n) is 1.58. The molecule has 0 aliphatic rings. The molecule has 1 rings (SSSR count). The van der Waals surface area contributed by atoms with Crippen molar-refractivity contribution in [3.05, 3.63) is 28.8 Å². The number of aryl methyl sites for hydroxylation is 1. The lowest BCUT2D eigenvalue weighted by Gasteiger charge is -2.16. The van der Waals surface area contributed by atoms with Crippen LogP contribution in [-0.4, -0.2) is 13.5 Å². The van der Waals surface area contributed by atoms with Crippen LogP contribution in [0.1, 0.15) is 5.56 Å². The molecule has 0 fully saturated rings. The van der Waals surface area contributed by atoms with Crippen LogP contribution in [-0.2, 0) is 0 Å². The first-order valence-electron chi connectivity index (χ1n) is 3.98. The predicted molar refractivity (Wildman–Crippen MR) is 50.8 cm³/mol. The van der Waals surface area contributed by atoms with Gasteiger partial charge < -0.3 is 17.7 Å². The van der Waals surface area contributed by atoms with E-state index in [1.807, 2.05) is 0 Å². The van der Waals surface area contributed by atoms with Crippen molar-refractivity contribution >= 4 is 18.6 Å². The van der Waals surface area contributed by atoms with E-state index in [1.165, 1.54) is 6.07 Å². The van der Waals surface area contributed by atoms with Crippen molar-refractivity contribution in [1.29, 1.82) is 0 Å². The van der Waals surface area contributed by atoms with E-state index < -0.39 is 13.5 Å². The normalized spacial score (nSPS) is 11.5. The molecule has 0 aliphatic heterocycles. The molecule has 1 aromatic carbocycles. The minimum atomic E-state index is -4.92. The molecule has 6 heteroatoms. The lowest BCUT2D eigenvalue weighted by Crippen LogP contribution is -2.26. The monoisotopic (exact) mass is 223 g/mol. The van der Waals surface area contributed by atoms with Gasteiger partial charge in [0.25, 0.3) is 0 Å². The topological polar surface area (TPSA) is 9.23 Å². The second-order valence-electron chi connectivity index (χ2n) is 2.93. The van der Waals surface area contributed by atoms with Crippen molar-refractivity contribution in [1.82, 2.24) is 0 Å². The minimum Gasteiger partial charge on any atom is -0.521 e. The first-order valence-corrected chi connectivity index (χ1v) is 4.36. The zero-order valence-electron chi connectivity index (χ0n) is 7.44. The van der Waals surface area contributed by atoms with Gasteiger partial charge in [0.05, 0.1) is 6.51 Å². The fourth-order valence-corrected chi connectivity index (χ4v) is 1.08. The molecule has 0 unspecified atom stereocenters. The molecule has 0 radical (unpaired) electrons. The van der Waals surface area contributed by atoms with Crippen molar-refractivity contribution in [3.63, 3.8) is 0 Å². The molecule has 14 heavy (non-hydrogen) atoms. The molecule has 0 heterocycles. The van der Waals surface area contributed by atoms with E-state index in [9.17, 15) is 12.9 Å². The Balaban J connectivity index is 2.72. The highest BCUT2D eigenvalue weighted by molar-refractivity contribution is 6.58. The molecule has 0 atom stereocenters. The predicted octanol–water partition coefficient (Wildman–Crippen LogP) is 3.41. The molecule has 1 nitrogen and oxygen atoms in total. The Morgan fingerprint density at radius 3 is 2.57 bits per heavy atom. The molecule has 0 bridgehead atoms. The fraction of sp³-hybridized carbons (Fsp3) is 0.250. The second kappa shape index (κ2) is 4.13. The van der Waals surface area contributed by atoms with E-state index >= 15 is 0 Å². The summed E-state index contributed by atoms with van der Waals surface area (Å²) in [6.45, 7) is -4.49. The lowest BCUT2D eigenvalue weighted by atomic mass is 9.95. The van der Waals surface area contributed by atoms with E-state index in [0.717, 1.165) is 0 Å². The highest BCUT2D eigenvalue weighted by Crippen LogP contribution is 2.23. The number of halogens is 4. The van der Waals surface area contributed by atoms with Crippen LogP contribution in [0.25, 0.3) is 0 Å². The van der Waals surface area contributed by atoms with Gasteiger partial charge >= 0.3 is 6.98 Å². The van der Waals surface area contributed by atoms with Gasteiger partial charge in [-0.1, -0.05) is 17.7 Å². The van der Waals surface area contributed by atoms with E-state index in [-0.39, 0.29) is 5.75 Å². The Kier molecular flexibility index (Phi) is 3.31. The maximum absolute atomic E-state index is 11.9. The molecule has 0 saturated carbocycles. The summed E-state index contributed by atoms with van der Waals surface area (Å²) in [5.41, 5.74) is 0.634. The summed E-state index contributed by atoms with van der Waals surface area (Å²) in [4.78, 5) is 0. The van der Waals surface area contributed by atoms with Crippen LogP contribution in [0.5, 0.6) is 5.75 Å². The van der Waals surface area contributed by atoms with Crippen LogP contribution in [0.2, 0.25) is 5.02 Å². The van der Waals surface area contributed by atoms with E-state index in [4.69, 9.17) is 11.6 Å². The van der Waals surface area contributed by atoms with Gasteiger partial charge in [-0.15, -0.1) is 0 Å². The van der Waals surface area contributed by atoms with Gasteiger partial charge in [0.2, 0.25) is 0 Å². The molecule has 0 aliphatic carbocycles. The summed E-state index contributed by atoms with van der Waals surface area (Å²) in [7, 11) is 0. The van der Waals surface area contributed by atoms with Crippen LogP contribution in [0.15, 0.2) is 18.2 Å². The Morgan fingerprint density at radius 1 is 1.36 bits per heavy atom. The smallest absolute Gasteiger partial charge is 0.515 e. The fourth-order valence-electron chi connectivity index (χ4n) is 0.914. The summed E-state index contributed by atoms with van der Waals surface area (Å²) in [6, 6.07) is 4.59. The highest BCUT2D eigenvalue weighted by Gasteiger charge is 2.24. The molecule has 0 saturated heterocycles. The van der Waals surface area contributed by atoms with Crippen molar-refractivity contribution in [2.45, 2.75) is 6.92 Å². The first-order chi connectivity index (χ1) is 6.38. The molecule has 0 aromatic heterocycles. The maximum Gasteiger partial charge on any atom is 0.515 e. The number of ether oxygens (including phenoxy) is 1. The van der Waals surface area contributed by atoms with Gasteiger partial charge in [-0.25, -0.2) is 0 Å². The van der Waals surface area contributed by atoms with Gasteiger partial charge in [0.1, 0.15) is 5.75 Å². The van der Waals surface area contributed by atoms with Crippen molar-refractivity contribution in [2.24, 2.45) is 0 Å².